The zero-order valence-corrected chi connectivity index (χ0v) is 17.9. The van der Waals surface area contributed by atoms with Crippen molar-refractivity contribution in [2.75, 3.05) is 26.8 Å². The second-order valence-corrected chi connectivity index (χ2v) is 7.54. The van der Waals surface area contributed by atoms with Gasteiger partial charge in [0.1, 0.15) is 17.9 Å². The van der Waals surface area contributed by atoms with Crippen molar-refractivity contribution >= 4 is 27.8 Å². The van der Waals surface area contributed by atoms with Crippen LogP contribution in [0.2, 0.25) is 0 Å². The lowest BCUT2D eigenvalue weighted by molar-refractivity contribution is 0.0567. The van der Waals surface area contributed by atoms with Crippen LogP contribution in [0.4, 0.5) is 0 Å². The van der Waals surface area contributed by atoms with Gasteiger partial charge in [0.05, 0.1) is 18.7 Å². The number of nitrogens with zero attached hydrogens (tertiary/aromatic N) is 1. The molecule has 0 bridgehead atoms. The Bertz CT molecular complexity index is 1270. The van der Waals surface area contributed by atoms with Gasteiger partial charge < -0.3 is 24.2 Å². The fourth-order valence-electron chi connectivity index (χ4n) is 3.70. The number of hydrogen-bond donors (Lipinski definition) is 2. The average molecular weight is 431 g/mol. The third-order valence-electron chi connectivity index (χ3n) is 5.37. The van der Waals surface area contributed by atoms with Crippen molar-refractivity contribution in [1.82, 2.24) is 10.3 Å². The Morgan fingerprint density at radius 2 is 2.06 bits per heavy atom. The van der Waals surface area contributed by atoms with Crippen LogP contribution in [0.1, 0.15) is 34.5 Å². The molecule has 2 heterocycles. The number of nitriles is 1. The van der Waals surface area contributed by atoms with Crippen LogP contribution in [0, 0.1) is 11.3 Å². The molecule has 7 heteroatoms. The first-order chi connectivity index (χ1) is 15.7. The van der Waals surface area contributed by atoms with Crippen LogP contribution in [0.25, 0.3) is 21.9 Å². The van der Waals surface area contributed by atoms with Gasteiger partial charge in [0.25, 0.3) is 0 Å². The van der Waals surface area contributed by atoms with Crippen LogP contribution in [-0.2, 0) is 11.2 Å². The summed E-state index contributed by atoms with van der Waals surface area (Å²) in [5, 5.41) is 14.4. The van der Waals surface area contributed by atoms with Crippen molar-refractivity contribution in [3.63, 3.8) is 0 Å². The lowest BCUT2D eigenvalue weighted by atomic mass is 10.1. The topological polar surface area (TPSA) is 100 Å². The Hall–Kier alpha value is -3.76. The van der Waals surface area contributed by atoms with Gasteiger partial charge in [-0.05, 0) is 73.8 Å². The van der Waals surface area contributed by atoms with Gasteiger partial charge >= 0.3 is 5.97 Å². The standard InChI is InChI=1S/C25H25N3O4/c1-30-25(29)24-14-19-13-20(6-8-23(19)32-24)31-11-10-27-9-3-2-4-18-16-28-22-7-5-17(15-26)12-21(18)22/h5-8,12-14,16,27-28H,2-4,9-11H2,1H3. The molecule has 0 saturated carbocycles. The van der Waals surface area contributed by atoms with Crippen molar-refractivity contribution in [3.8, 4) is 11.8 Å². The average Bonchev–Trinajstić information content (AvgIpc) is 3.43. The summed E-state index contributed by atoms with van der Waals surface area (Å²) >= 11 is 0. The van der Waals surface area contributed by atoms with Gasteiger partial charge in [-0.3, -0.25) is 0 Å². The van der Waals surface area contributed by atoms with E-state index >= 15 is 0 Å². The van der Waals surface area contributed by atoms with Gasteiger partial charge in [-0.15, -0.1) is 0 Å². The molecule has 0 aliphatic rings. The van der Waals surface area contributed by atoms with Gasteiger partial charge in [0.2, 0.25) is 5.76 Å². The van der Waals surface area contributed by atoms with Gasteiger partial charge in [-0.25, -0.2) is 4.79 Å². The molecule has 0 amide bonds. The van der Waals surface area contributed by atoms with Crippen molar-refractivity contribution < 1.29 is 18.7 Å². The number of aromatic amines is 1. The number of carbonyl (C=O) groups is 1. The molecule has 0 saturated heterocycles. The summed E-state index contributed by atoms with van der Waals surface area (Å²) < 4.78 is 15.9. The fourth-order valence-corrected chi connectivity index (χ4v) is 3.70. The third-order valence-corrected chi connectivity index (χ3v) is 5.37. The first-order valence-electron chi connectivity index (χ1n) is 10.6. The van der Waals surface area contributed by atoms with E-state index in [1.165, 1.54) is 12.7 Å². The zero-order chi connectivity index (χ0) is 22.3. The highest BCUT2D eigenvalue weighted by Crippen LogP contribution is 2.25. The van der Waals surface area contributed by atoms with Crippen LogP contribution < -0.4 is 10.1 Å². The lowest BCUT2D eigenvalue weighted by Crippen LogP contribution is -2.22. The monoisotopic (exact) mass is 431 g/mol. The number of ether oxygens (including phenoxy) is 2. The maximum atomic E-state index is 11.6. The number of unbranched alkanes of at least 4 members (excludes halogenated alkanes) is 1. The van der Waals surface area contributed by atoms with E-state index in [2.05, 4.69) is 21.1 Å². The first kappa shape index (κ1) is 21.5. The van der Waals surface area contributed by atoms with Crippen LogP contribution in [-0.4, -0.2) is 37.8 Å². The number of benzene rings is 2. The smallest absolute Gasteiger partial charge is 0.373 e. The minimum absolute atomic E-state index is 0.180. The number of esters is 1. The zero-order valence-electron chi connectivity index (χ0n) is 17.9. The van der Waals surface area contributed by atoms with E-state index in [1.54, 1.807) is 12.1 Å². The van der Waals surface area contributed by atoms with Crippen LogP contribution >= 0.6 is 0 Å². The van der Waals surface area contributed by atoms with Gasteiger partial charge in [-0.2, -0.15) is 5.26 Å². The number of aryl methyl sites for hydroxylation is 1. The summed E-state index contributed by atoms with van der Waals surface area (Å²) in [7, 11) is 1.32. The Kier molecular flexibility index (Phi) is 6.73. The van der Waals surface area contributed by atoms with E-state index in [0.29, 0.717) is 17.8 Å². The summed E-state index contributed by atoms with van der Waals surface area (Å²) in [6.07, 6.45) is 5.14. The van der Waals surface area contributed by atoms with Crippen LogP contribution in [0.5, 0.6) is 5.75 Å². The normalized spacial score (nSPS) is 11.0. The molecule has 4 rings (SSSR count). The van der Waals surface area contributed by atoms with Crippen molar-refractivity contribution in [3.05, 3.63) is 65.5 Å². The maximum Gasteiger partial charge on any atom is 0.373 e. The molecule has 0 radical (unpaired) electrons. The minimum atomic E-state index is -0.496. The lowest BCUT2D eigenvalue weighted by Gasteiger charge is -2.07. The number of carbonyl (C=O) groups excluding carboxylic acids is 1. The molecule has 4 aromatic rings. The van der Waals surface area contributed by atoms with E-state index in [1.807, 2.05) is 36.5 Å². The van der Waals surface area contributed by atoms with Gasteiger partial charge in [-0.1, -0.05) is 0 Å². The summed E-state index contributed by atoms with van der Waals surface area (Å²) in [6.45, 7) is 2.21. The highest BCUT2D eigenvalue weighted by molar-refractivity contribution is 5.92. The number of nitrogens with one attached hydrogen (secondary N) is 2. The summed E-state index contributed by atoms with van der Waals surface area (Å²) in [4.78, 5) is 14.8. The third kappa shape index (κ3) is 4.93. The molecule has 0 aliphatic carbocycles. The van der Waals surface area contributed by atoms with Crippen LogP contribution in [0.15, 0.2) is 53.1 Å². The quantitative estimate of drug-likeness (QED) is 0.282. The molecule has 7 nitrogen and oxygen atoms in total. The fraction of sp³-hybridized carbons (Fsp3) is 0.280. The molecule has 0 aliphatic heterocycles. The van der Waals surface area contributed by atoms with Crippen molar-refractivity contribution in [2.24, 2.45) is 0 Å². The summed E-state index contributed by atoms with van der Waals surface area (Å²) in [5.74, 6) is 0.413. The van der Waals surface area contributed by atoms with E-state index < -0.39 is 5.97 Å². The number of fused-ring (bicyclic) bond motifs is 2. The Balaban J connectivity index is 1.16. The van der Waals surface area contributed by atoms with Crippen molar-refractivity contribution in [1.29, 1.82) is 5.26 Å². The predicted molar refractivity (Wildman–Crippen MR) is 122 cm³/mol. The number of furan rings is 1. The Labute approximate surface area is 185 Å². The highest BCUT2D eigenvalue weighted by Gasteiger charge is 2.12. The maximum absolute atomic E-state index is 11.6. The predicted octanol–water partition coefficient (Wildman–Crippen LogP) is 4.56. The SMILES string of the molecule is COC(=O)c1cc2cc(OCCNCCCCc3c[nH]c4ccc(C#N)cc34)ccc2o1. The Morgan fingerprint density at radius 1 is 1.16 bits per heavy atom. The summed E-state index contributed by atoms with van der Waals surface area (Å²) in [6, 6.07) is 15.1. The largest absolute Gasteiger partial charge is 0.492 e. The molecular weight excluding hydrogens is 406 g/mol. The van der Waals surface area contributed by atoms with Gasteiger partial charge in [0, 0.05) is 29.0 Å². The second-order valence-electron chi connectivity index (χ2n) is 7.54. The molecule has 0 atom stereocenters. The molecular formula is C25H25N3O4. The van der Waals surface area contributed by atoms with E-state index in [0.717, 1.165) is 54.4 Å². The number of methoxy groups -OCH3 is 1. The molecule has 0 unspecified atom stereocenters. The number of aromatic nitrogens is 1. The molecule has 164 valence electrons. The molecule has 2 N–H and O–H groups in total. The Morgan fingerprint density at radius 3 is 2.91 bits per heavy atom. The van der Waals surface area contributed by atoms with E-state index in [-0.39, 0.29) is 5.76 Å². The molecule has 0 fully saturated rings. The molecule has 2 aromatic heterocycles. The highest BCUT2D eigenvalue weighted by atomic mass is 16.5. The minimum Gasteiger partial charge on any atom is -0.492 e. The summed E-state index contributed by atoms with van der Waals surface area (Å²) in [5.41, 5.74) is 3.64. The van der Waals surface area contributed by atoms with E-state index in [4.69, 9.17) is 14.4 Å². The number of rotatable bonds is 10. The van der Waals surface area contributed by atoms with Crippen LogP contribution in [0.3, 0.4) is 0 Å². The second kappa shape index (κ2) is 10.0. The van der Waals surface area contributed by atoms with Gasteiger partial charge in [0.15, 0.2) is 0 Å². The van der Waals surface area contributed by atoms with Crippen molar-refractivity contribution in [2.45, 2.75) is 19.3 Å². The molecule has 0 spiro atoms. The number of hydrogen-bond acceptors (Lipinski definition) is 6. The van der Waals surface area contributed by atoms with E-state index in [9.17, 15) is 4.79 Å². The number of H-pyrrole nitrogens is 1. The molecule has 32 heavy (non-hydrogen) atoms. The molecule has 2 aromatic carbocycles. The first-order valence-corrected chi connectivity index (χ1v) is 10.6.